The van der Waals surface area contributed by atoms with Crippen molar-refractivity contribution in [2.75, 3.05) is 18.4 Å². The highest BCUT2D eigenvalue weighted by Gasteiger charge is 1.99. The van der Waals surface area contributed by atoms with E-state index < -0.39 is 0 Å². The molecule has 1 aromatic rings. The van der Waals surface area contributed by atoms with Crippen molar-refractivity contribution in [2.45, 2.75) is 26.9 Å². The minimum absolute atomic E-state index is 0.0764. The number of hydrogen-bond donors (Lipinski definition) is 3. The summed E-state index contributed by atoms with van der Waals surface area (Å²) in [4.78, 5) is 14.8. The van der Waals surface area contributed by atoms with Gasteiger partial charge in [-0.3, -0.25) is 9.79 Å². The molecule has 0 aromatic heterocycles. The zero-order valence-corrected chi connectivity index (χ0v) is 12.1. The van der Waals surface area contributed by atoms with E-state index in [1.54, 1.807) is 0 Å². The quantitative estimate of drug-likeness (QED) is 0.416. The molecule has 0 saturated heterocycles. The van der Waals surface area contributed by atoms with Gasteiger partial charge in [0.1, 0.15) is 5.75 Å². The number of guanidine groups is 1. The van der Waals surface area contributed by atoms with Crippen molar-refractivity contribution in [3.05, 3.63) is 24.3 Å². The maximum atomic E-state index is 10.7. The summed E-state index contributed by atoms with van der Waals surface area (Å²) in [6.45, 7) is 6.33. The van der Waals surface area contributed by atoms with Crippen LogP contribution < -0.4 is 21.1 Å². The number of carbonyl (C=O) groups excluding carboxylic acids is 1. The SMILES string of the molecule is CC(=O)NCCN=C(N)Nc1ccc(OC(C)C)cc1. The molecule has 4 N–H and O–H groups in total. The molecule has 0 bridgehead atoms. The summed E-state index contributed by atoms with van der Waals surface area (Å²) in [5.74, 6) is 1.05. The van der Waals surface area contributed by atoms with Crippen LogP contribution in [0.1, 0.15) is 20.8 Å². The van der Waals surface area contributed by atoms with Crippen molar-refractivity contribution < 1.29 is 9.53 Å². The summed E-state index contributed by atoms with van der Waals surface area (Å²) in [5, 5.41) is 5.61. The molecule has 0 aliphatic rings. The summed E-state index contributed by atoms with van der Waals surface area (Å²) < 4.78 is 5.55. The van der Waals surface area contributed by atoms with E-state index in [0.717, 1.165) is 11.4 Å². The molecule has 110 valence electrons. The molecule has 1 aromatic carbocycles. The third kappa shape index (κ3) is 6.63. The fraction of sp³-hybridized carbons (Fsp3) is 0.429. The molecule has 0 fully saturated rings. The number of rotatable bonds is 6. The summed E-state index contributed by atoms with van der Waals surface area (Å²) >= 11 is 0. The smallest absolute Gasteiger partial charge is 0.216 e. The summed E-state index contributed by atoms with van der Waals surface area (Å²) in [7, 11) is 0. The molecule has 0 spiro atoms. The van der Waals surface area contributed by atoms with Crippen molar-refractivity contribution in [3.8, 4) is 5.75 Å². The van der Waals surface area contributed by atoms with Crippen LogP contribution in [0.2, 0.25) is 0 Å². The number of amides is 1. The van der Waals surface area contributed by atoms with Gasteiger partial charge in [-0.05, 0) is 38.1 Å². The van der Waals surface area contributed by atoms with E-state index in [2.05, 4.69) is 15.6 Å². The normalized spacial score (nSPS) is 11.3. The first kappa shape index (κ1) is 15.8. The average molecular weight is 278 g/mol. The number of nitrogens with zero attached hydrogens (tertiary/aromatic N) is 1. The van der Waals surface area contributed by atoms with Crippen LogP contribution in [0, 0.1) is 0 Å². The standard InChI is InChI=1S/C14H22N4O2/c1-10(2)20-13-6-4-12(5-7-13)18-14(15)17-9-8-16-11(3)19/h4-7,10H,8-9H2,1-3H3,(H,16,19)(H3,15,17,18). The van der Waals surface area contributed by atoms with E-state index in [1.807, 2.05) is 38.1 Å². The highest BCUT2D eigenvalue weighted by Crippen LogP contribution is 2.16. The van der Waals surface area contributed by atoms with Gasteiger partial charge < -0.3 is 21.1 Å². The molecular weight excluding hydrogens is 256 g/mol. The Morgan fingerprint density at radius 1 is 1.35 bits per heavy atom. The van der Waals surface area contributed by atoms with E-state index >= 15 is 0 Å². The lowest BCUT2D eigenvalue weighted by atomic mass is 10.3. The first-order valence-corrected chi connectivity index (χ1v) is 6.55. The molecular formula is C14H22N4O2. The first-order chi connectivity index (χ1) is 9.47. The summed E-state index contributed by atoms with van der Waals surface area (Å²) in [5.41, 5.74) is 6.57. The fourth-order valence-electron chi connectivity index (χ4n) is 1.48. The van der Waals surface area contributed by atoms with Crippen LogP contribution in [0.25, 0.3) is 0 Å². The van der Waals surface area contributed by atoms with Gasteiger partial charge in [0.15, 0.2) is 5.96 Å². The van der Waals surface area contributed by atoms with Crippen molar-refractivity contribution in [2.24, 2.45) is 10.7 Å². The van der Waals surface area contributed by atoms with Gasteiger partial charge in [0.2, 0.25) is 5.91 Å². The first-order valence-electron chi connectivity index (χ1n) is 6.55. The molecule has 1 amide bonds. The fourth-order valence-corrected chi connectivity index (χ4v) is 1.48. The van der Waals surface area contributed by atoms with Gasteiger partial charge in [0, 0.05) is 19.2 Å². The Balaban J connectivity index is 2.43. The van der Waals surface area contributed by atoms with Crippen LogP contribution in [-0.4, -0.2) is 31.1 Å². The number of nitrogens with two attached hydrogens (primary N) is 1. The highest BCUT2D eigenvalue weighted by atomic mass is 16.5. The second-order valence-electron chi connectivity index (χ2n) is 4.57. The van der Waals surface area contributed by atoms with Crippen LogP contribution in [-0.2, 0) is 4.79 Å². The van der Waals surface area contributed by atoms with Gasteiger partial charge in [0.25, 0.3) is 0 Å². The molecule has 0 saturated carbocycles. The van der Waals surface area contributed by atoms with Crippen LogP contribution in [0.4, 0.5) is 5.69 Å². The van der Waals surface area contributed by atoms with E-state index in [4.69, 9.17) is 10.5 Å². The number of carbonyl (C=O) groups is 1. The lowest BCUT2D eigenvalue weighted by Gasteiger charge is -2.11. The largest absolute Gasteiger partial charge is 0.491 e. The molecule has 0 aliphatic heterocycles. The van der Waals surface area contributed by atoms with Crippen LogP contribution >= 0.6 is 0 Å². The maximum absolute atomic E-state index is 10.7. The topological polar surface area (TPSA) is 88.7 Å². The Morgan fingerprint density at radius 3 is 2.55 bits per heavy atom. The van der Waals surface area contributed by atoms with Gasteiger partial charge in [-0.2, -0.15) is 0 Å². The molecule has 1 rings (SSSR count). The molecule has 0 unspecified atom stereocenters. The summed E-state index contributed by atoms with van der Waals surface area (Å²) in [6, 6.07) is 7.47. The number of ether oxygens (including phenoxy) is 1. The van der Waals surface area contributed by atoms with Crippen molar-refractivity contribution in [3.63, 3.8) is 0 Å². The van der Waals surface area contributed by atoms with E-state index in [9.17, 15) is 4.79 Å². The minimum Gasteiger partial charge on any atom is -0.491 e. The van der Waals surface area contributed by atoms with Gasteiger partial charge >= 0.3 is 0 Å². The zero-order chi connectivity index (χ0) is 15.0. The van der Waals surface area contributed by atoms with Crippen LogP contribution in [0.5, 0.6) is 5.75 Å². The van der Waals surface area contributed by atoms with Crippen molar-refractivity contribution >= 4 is 17.6 Å². The van der Waals surface area contributed by atoms with E-state index in [0.29, 0.717) is 19.0 Å². The van der Waals surface area contributed by atoms with Gasteiger partial charge in [-0.25, -0.2) is 0 Å². The zero-order valence-electron chi connectivity index (χ0n) is 12.1. The number of benzene rings is 1. The number of anilines is 1. The Kier molecular flexibility index (Phi) is 6.36. The molecule has 0 radical (unpaired) electrons. The Labute approximate surface area is 119 Å². The molecule has 0 heterocycles. The maximum Gasteiger partial charge on any atom is 0.216 e. The molecule has 0 atom stereocenters. The number of nitrogens with one attached hydrogen (secondary N) is 2. The third-order valence-electron chi connectivity index (χ3n) is 2.27. The van der Waals surface area contributed by atoms with Crippen LogP contribution in [0.3, 0.4) is 0 Å². The summed E-state index contributed by atoms with van der Waals surface area (Å²) in [6.07, 6.45) is 0.147. The van der Waals surface area contributed by atoms with Gasteiger partial charge in [0.05, 0.1) is 12.6 Å². The van der Waals surface area contributed by atoms with E-state index in [-0.39, 0.29) is 12.0 Å². The Bertz CT molecular complexity index is 455. The Hall–Kier alpha value is -2.24. The number of aliphatic imine (C=N–C) groups is 1. The third-order valence-corrected chi connectivity index (χ3v) is 2.27. The van der Waals surface area contributed by atoms with Crippen molar-refractivity contribution in [1.82, 2.24) is 5.32 Å². The second kappa shape index (κ2) is 8.04. The Morgan fingerprint density at radius 2 is 2.00 bits per heavy atom. The number of hydrogen-bond acceptors (Lipinski definition) is 3. The van der Waals surface area contributed by atoms with Crippen LogP contribution in [0.15, 0.2) is 29.3 Å². The van der Waals surface area contributed by atoms with Crippen molar-refractivity contribution in [1.29, 1.82) is 0 Å². The molecule has 20 heavy (non-hydrogen) atoms. The van der Waals surface area contributed by atoms with E-state index in [1.165, 1.54) is 6.92 Å². The predicted molar refractivity (Wildman–Crippen MR) is 81.0 cm³/mol. The van der Waals surface area contributed by atoms with Gasteiger partial charge in [-0.1, -0.05) is 0 Å². The lowest BCUT2D eigenvalue weighted by Crippen LogP contribution is -2.26. The molecule has 0 aliphatic carbocycles. The van der Waals surface area contributed by atoms with Gasteiger partial charge in [-0.15, -0.1) is 0 Å². The average Bonchev–Trinajstić information content (AvgIpc) is 2.36. The predicted octanol–water partition coefficient (Wildman–Crippen LogP) is 1.34. The highest BCUT2D eigenvalue weighted by molar-refractivity contribution is 5.92. The monoisotopic (exact) mass is 278 g/mol. The second-order valence-corrected chi connectivity index (χ2v) is 4.57. The lowest BCUT2D eigenvalue weighted by molar-refractivity contribution is -0.118. The molecule has 6 nitrogen and oxygen atoms in total. The minimum atomic E-state index is -0.0764. The molecule has 6 heteroatoms.